The highest BCUT2D eigenvalue weighted by atomic mass is 32.2. The van der Waals surface area contributed by atoms with Crippen LogP contribution in [0.5, 0.6) is 5.75 Å². The van der Waals surface area contributed by atoms with Gasteiger partial charge in [-0.1, -0.05) is 43.2 Å². The molecule has 0 radical (unpaired) electrons. The molecule has 2 amide bonds. The lowest BCUT2D eigenvalue weighted by Gasteiger charge is -2.14. The lowest BCUT2D eigenvalue weighted by molar-refractivity contribution is -0.120. The van der Waals surface area contributed by atoms with E-state index in [1.54, 1.807) is 28.8 Å². The summed E-state index contributed by atoms with van der Waals surface area (Å²) in [4.78, 5) is 37.2. The van der Waals surface area contributed by atoms with Crippen molar-refractivity contribution in [3.8, 4) is 5.75 Å². The van der Waals surface area contributed by atoms with E-state index in [4.69, 9.17) is 4.74 Å². The van der Waals surface area contributed by atoms with Crippen molar-refractivity contribution in [3.63, 3.8) is 0 Å². The van der Waals surface area contributed by atoms with E-state index in [1.165, 1.54) is 0 Å². The lowest BCUT2D eigenvalue weighted by atomic mass is 10.1. The maximum Gasteiger partial charge on any atom is 0.516 e. The van der Waals surface area contributed by atoms with Crippen molar-refractivity contribution in [2.75, 3.05) is 5.32 Å². The van der Waals surface area contributed by atoms with Gasteiger partial charge in [-0.2, -0.15) is 21.6 Å². The summed E-state index contributed by atoms with van der Waals surface area (Å²) in [5.74, 6) is -0.924. The van der Waals surface area contributed by atoms with E-state index in [1.807, 2.05) is 36.4 Å². The molecule has 0 unspecified atom stereocenters. The Morgan fingerprint density at radius 3 is 2.43 bits per heavy atom. The highest BCUT2D eigenvalue weighted by molar-refractivity contribution is 7.90. The SMILES string of the molecule is O=Cc1c(COc2ccc3ccccc3c2)n(CCCC(=O)NS(=O)(=O)C(F)(F)F)c2ccc(NC(=O)C3CCCC3)cc12. The van der Waals surface area contributed by atoms with Crippen LogP contribution in [0.2, 0.25) is 0 Å². The number of rotatable bonds is 11. The second-order valence-corrected chi connectivity index (χ2v) is 12.4. The van der Waals surface area contributed by atoms with E-state index in [-0.39, 0.29) is 31.4 Å². The van der Waals surface area contributed by atoms with Crippen LogP contribution in [0.4, 0.5) is 18.9 Å². The first-order valence-electron chi connectivity index (χ1n) is 14.1. The fraction of sp³-hybridized carbons (Fsp3) is 0.323. The zero-order valence-electron chi connectivity index (χ0n) is 23.5. The number of hydrogen-bond acceptors (Lipinski definition) is 6. The molecule has 44 heavy (non-hydrogen) atoms. The molecule has 1 heterocycles. The molecular weight excluding hydrogens is 599 g/mol. The summed E-state index contributed by atoms with van der Waals surface area (Å²) in [6, 6.07) is 18.3. The molecular formula is C31H30F3N3O6S. The second-order valence-electron chi connectivity index (χ2n) is 10.7. The van der Waals surface area contributed by atoms with Crippen LogP contribution in [0, 0.1) is 5.92 Å². The van der Waals surface area contributed by atoms with Crippen molar-refractivity contribution in [1.82, 2.24) is 9.29 Å². The summed E-state index contributed by atoms with van der Waals surface area (Å²) in [6.07, 6.45) is 3.74. The van der Waals surface area contributed by atoms with Crippen molar-refractivity contribution in [2.45, 2.75) is 57.2 Å². The number of carbonyl (C=O) groups is 3. The number of aromatic nitrogens is 1. The summed E-state index contributed by atoms with van der Waals surface area (Å²) >= 11 is 0. The fourth-order valence-corrected chi connectivity index (χ4v) is 6.07. The van der Waals surface area contributed by atoms with Crippen LogP contribution in [-0.2, 0) is 32.8 Å². The van der Waals surface area contributed by atoms with Gasteiger partial charge >= 0.3 is 15.5 Å². The lowest BCUT2D eigenvalue weighted by Crippen LogP contribution is -2.40. The zero-order chi connectivity index (χ0) is 31.5. The predicted octanol–water partition coefficient (Wildman–Crippen LogP) is 6.06. The van der Waals surface area contributed by atoms with E-state index in [9.17, 15) is 36.0 Å². The van der Waals surface area contributed by atoms with Crippen molar-refractivity contribution in [1.29, 1.82) is 0 Å². The maximum atomic E-state index is 12.7. The number of hydrogen-bond donors (Lipinski definition) is 2. The van der Waals surface area contributed by atoms with Crippen LogP contribution in [0.15, 0.2) is 60.7 Å². The number of nitrogens with zero attached hydrogens (tertiary/aromatic N) is 1. The molecule has 13 heteroatoms. The minimum absolute atomic E-state index is 0.0373. The Morgan fingerprint density at radius 2 is 1.73 bits per heavy atom. The Hall–Kier alpha value is -4.39. The third-order valence-corrected chi connectivity index (χ3v) is 8.87. The molecule has 1 fully saturated rings. The van der Waals surface area contributed by atoms with E-state index in [2.05, 4.69) is 5.32 Å². The van der Waals surface area contributed by atoms with Gasteiger partial charge in [0.05, 0.1) is 5.69 Å². The Morgan fingerprint density at radius 1 is 1.00 bits per heavy atom. The summed E-state index contributed by atoms with van der Waals surface area (Å²) in [5, 5.41) is 5.41. The monoisotopic (exact) mass is 629 g/mol. The third kappa shape index (κ3) is 6.72. The van der Waals surface area contributed by atoms with Gasteiger partial charge in [-0.3, -0.25) is 14.4 Å². The van der Waals surface area contributed by atoms with Gasteiger partial charge in [0.2, 0.25) is 11.8 Å². The fourth-order valence-electron chi connectivity index (χ4n) is 5.55. The quantitative estimate of drug-likeness (QED) is 0.195. The van der Waals surface area contributed by atoms with E-state index in [0.29, 0.717) is 39.9 Å². The molecule has 5 rings (SSSR count). The smallest absolute Gasteiger partial charge is 0.487 e. The van der Waals surface area contributed by atoms with Crippen molar-refractivity contribution < 1.29 is 40.7 Å². The second kappa shape index (κ2) is 12.7. The van der Waals surface area contributed by atoms with E-state index in [0.717, 1.165) is 41.2 Å². The van der Waals surface area contributed by atoms with Gasteiger partial charge in [-0.15, -0.1) is 0 Å². The normalized spacial score (nSPS) is 14.2. The van der Waals surface area contributed by atoms with Crippen LogP contribution in [-0.4, -0.2) is 36.6 Å². The van der Waals surface area contributed by atoms with Gasteiger partial charge < -0.3 is 14.6 Å². The summed E-state index contributed by atoms with van der Waals surface area (Å²) in [5.41, 5.74) is -3.79. The van der Waals surface area contributed by atoms with Gasteiger partial charge in [0.15, 0.2) is 6.29 Å². The highest BCUT2D eigenvalue weighted by Crippen LogP contribution is 2.32. The number of anilines is 1. The first-order valence-corrected chi connectivity index (χ1v) is 15.6. The minimum atomic E-state index is -5.82. The molecule has 0 spiro atoms. The van der Waals surface area contributed by atoms with Crippen molar-refractivity contribution in [3.05, 3.63) is 71.9 Å². The Balaban J connectivity index is 1.42. The molecule has 3 aromatic carbocycles. The van der Waals surface area contributed by atoms with E-state index >= 15 is 0 Å². The van der Waals surface area contributed by atoms with Gasteiger partial charge in [0, 0.05) is 41.0 Å². The van der Waals surface area contributed by atoms with Crippen LogP contribution in [0.1, 0.15) is 54.6 Å². The molecule has 9 nitrogen and oxygen atoms in total. The van der Waals surface area contributed by atoms with Crippen LogP contribution < -0.4 is 14.8 Å². The van der Waals surface area contributed by atoms with Crippen LogP contribution in [0.3, 0.4) is 0 Å². The predicted molar refractivity (Wildman–Crippen MR) is 159 cm³/mol. The number of ether oxygens (including phenoxy) is 1. The third-order valence-electron chi connectivity index (χ3n) is 7.76. The number of aryl methyl sites for hydroxylation is 1. The zero-order valence-corrected chi connectivity index (χ0v) is 24.3. The standard InChI is InChI=1S/C31H30F3N3O6S/c32-31(33,34)44(41,42)36-29(39)10-5-15-37-27-14-12-23(35-30(40)21-7-2-3-8-21)17-25(27)26(18-38)28(37)19-43-24-13-11-20-6-1-4-9-22(20)16-24/h1,4,6,9,11-14,16-18,21H,2-3,5,7-8,10,15,19H2,(H,35,40)(H,36,39). The number of aldehydes is 1. The minimum Gasteiger partial charge on any atom is -0.487 e. The number of amides is 2. The molecule has 4 aromatic rings. The topological polar surface area (TPSA) is 124 Å². The Bertz CT molecular complexity index is 1830. The number of nitrogens with one attached hydrogen (secondary N) is 2. The van der Waals surface area contributed by atoms with E-state index < -0.39 is 27.9 Å². The molecule has 1 aliphatic rings. The number of sulfonamides is 1. The number of halogens is 3. The first kappa shape index (κ1) is 31.0. The summed E-state index contributed by atoms with van der Waals surface area (Å²) in [7, 11) is -5.82. The molecule has 0 atom stereocenters. The van der Waals surface area contributed by atoms with Crippen LogP contribution >= 0.6 is 0 Å². The Kier molecular flexibility index (Phi) is 8.95. The molecule has 2 N–H and O–H groups in total. The average molecular weight is 630 g/mol. The summed E-state index contributed by atoms with van der Waals surface area (Å²) < 4.78 is 69.5. The number of alkyl halides is 3. The number of fused-ring (bicyclic) bond motifs is 2. The van der Waals surface area contributed by atoms with Crippen molar-refractivity contribution in [2.24, 2.45) is 5.92 Å². The van der Waals surface area contributed by atoms with Gasteiger partial charge in [0.1, 0.15) is 12.4 Å². The van der Waals surface area contributed by atoms with Crippen molar-refractivity contribution >= 4 is 55.5 Å². The summed E-state index contributed by atoms with van der Waals surface area (Å²) in [6.45, 7) is 0.00747. The van der Waals surface area contributed by atoms with Gasteiger partial charge in [-0.05, 0) is 60.4 Å². The average Bonchev–Trinajstić information content (AvgIpc) is 3.62. The maximum absolute atomic E-state index is 12.7. The molecule has 0 aliphatic heterocycles. The van der Waals surface area contributed by atoms with Gasteiger partial charge in [-0.25, -0.2) is 4.72 Å². The molecule has 1 aromatic heterocycles. The number of carbonyl (C=O) groups excluding carboxylic acids is 3. The number of benzene rings is 3. The molecule has 0 bridgehead atoms. The largest absolute Gasteiger partial charge is 0.516 e. The molecule has 232 valence electrons. The Labute approximate surface area is 251 Å². The highest BCUT2D eigenvalue weighted by Gasteiger charge is 2.46. The molecule has 0 saturated heterocycles. The first-order chi connectivity index (χ1) is 21.0. The van der Waals surface area contributed by atoms with Gasteiger partial charge in [0.25, 0.3) is 0 Å². The van der Waals surface area contributed by atoms with Crippen LogP contribution in [0.25, 0.3) is 21.7 Å². The molecule has 1 aliphatic carbocycles. The molecule has 1 saturated carbocycles.